The van der Waals surface area contributed by atoms with E-state index in [4.69, 9.17) is 23.2 Å². The first kappa shape index (κ1) is 12.1. The molecule has 2 aromatic carbocycles. The lowest BCUT2D eigenvalue weighted by molar-refractivity contribution is -0.662. The molecular weight excluding hydrogens is 285 g/mol. The lowest BCUT2D eigenvalue weighted by atomic mass is 10.1. The smallest absolute Gasteiger partial charge is 0.215 e. The van der Waals surface area contributed by atoms with Crippen molar-refractivity contribution in [1.82, 2.24) is 10.3 Å². The highest BCUT2D eigenvalue weighted by atomic mass is 35.5. The van der Waals surface area contributed by atoms with Gasteiger partial charge < -0.3 is 5.21 Å². The third kappa shape index (κ3) is 2.09. The third-order valence-electron chi connectivity index (χ3n) is 2.77. The molecule has 0 saturated heterocycles. The van der Waals surface area contributed by atoms with E-state index >= 15 is 0 Å². The van der Waals surface area contributed by atoms with E-state index in [1.807, 2.05) is 0 Å². The summed E-state index contributed by atoms with van der Waals surface area (Å²) in [6.45, 7) is 0. The van der Waals surface area contributed by atoms with Crippen LogP contribution in [0.5, 0.6) is 0 Å². The van der Waals surface area contributed by atoms with E-state index in [1.54, 1.807) is 42.5 Å². The molecule has 0 amide bonds. The second-order valence-corrected chi connectivity index (χ2v) is 4.80. The van der Waals surface area contributed by atoms with Gasteiger partial charge in [-0.05, 0) is 30.3 Å². The zero-order valence-electron chi connectivity index (χ0n) is 9.55. The van der Waals surface area contributed by atoms with Crippen molar-refractivity contribution in [2.45, 2.75) is 0 Å². The van der Waals surface area contributed by atoms with Crippen molar-refractivity contribution in [3.63, 3.8) is 0 Å². The maximum Gasteiger partial charge on any atom is 0.215 e. The highest BCUT2D eigenvalue weighted by Crippen LogP contribution is 2.30. The van der Waals surface area contributed by atoms with Crippen LogP contribution in [-0.4, -0.2) is 10.3 Å². The van der Waals surface area contributed by atoms with Crippen LogP contribution >= 0.6 is 23.2 Å². The van der Waals surface area contributed by atoms with Crippen molar-refractivity contribution in [2.24, 2.45) is 0 Å². The Labute approximate surface area is 118 Å². The van der Waals surface area contributed by atoms with Crippen LogP contribution in [0.3, 0.4) is 0 Å². The molecular formula is C13H7Cl2N3O. The van der Waals surface area contributed by atoms with E-state index in [0.29, 0.717) is 37.1 Å². The Morgan fingerprint density at radius 1 is 1.05 bits per heavy atom. The van der Waals surface area contributed by atoms with Crippen LogP contribution in [0, 0.1) is 5.21 Å². The van der Waals surface area contributed by atoms with Gasteiger partial charge in [-0.3, -0.25) is 0 Å². The van der Waals surface area contributed by atoms with Crippen molar-refractivity contribution < 1.29 is 4.85 Å². The molecule has 6 heteroatoms. The average molecular weight is 292 g/mol. The minimum absolute atomic E-state index is 0.345. The van der Waals surface area contributed by atoms with Crippen molar-refractivity contribution >= 4 is 34.1 Å². The summed E-state index contributed by atoms with van der Waals surface area (Å²) in [6, 6.07) is 12.2. The van der Waals surface area contributed by atoms with Crippen LogP contribution in [0.2, 0.25) is 10.0 Å². The predicted octanol–water partition coefficient (Wildman–Crippen LogP) is 3.24. The standard InChI is InChI=1S/C13H7Cl2N3O/c14-8-5-6-12-10(7-8)13(18(19)17-16-12)9-3-1-2-4-11(9)15/h1-7H. The molecule has 0 atom stereocenters. The van der Waals surface area contributed by atoms with E-state index < -0.39 is 0 Å². The van der Waals surface area contributed by atoms with Crippen molar-refractivity contribution in [2.75, 3.05) is 0 Å². The summed E-state index contributed by atoms with van der Waals surface area (Å²) in [5, 5.41) is 21.0. The molecule has 19 heavy (non-hydrogen) atoms. The fourth-order valence-electron chi connectivity index (χ4n) is 1.92. The summed E-state index contributed by atoms with van der Waals surface area (Å²) >= 11 is 12.1. The molecule has 3 rings (SSSR count). The topological polar surface area (TPSA) is 52.7 Å². The zero-order chi connectivity index (χ0) is 13.4. The number of fused-ring (bicyclic) bond motifs is 1. The minimum Gasteiger partial charge on any atom is -0.691 e. The molecule has 1 aromatic heterocycles. The first-order valence-corrected chi connectivity index (χ1v) is 6.23. The quantitative estimate of drug-likeness (QED) is 0.511. The first-order chi connectivity index (χ1) is 9.16. The molecule has 1 heterocycles. The van der Waals surface area contributed by atoms with E-state index in [9.17, 15) is 5.21 Å². The van der Waals surface area contributed by atoms with Gasteiger partial charge in [-0.1, -0.05) is 35.3 Å². The number of rotatable bonds is 1. The molecule has 0 bridgehead atoms. The molecule has 0 aliphatic rings. The molecule has 0 radical (unpaired) electrons. The molecule has 4 nitrogen and oxygen atoms in total. The van der Waals surface area contributed by atoms with Crippen LogP contribution in [0.15, 0.2) is 42.5 Å². The SMILES string of the molecule is [O-][n+]1nnc2ccc(Cl)cc2c1-c1ccccc1Cl. The fraction of sp³-hybridized carbons (Fsp3) is 0. The number of aromatic nitrogens is 3. The lowest BCUT2D eigenvalue weighted by Gasteiger charge is -2.09. The van der Waals surface area contributed by atoms with Gasteiger partial charge in [0.15, 0.2) is 5.69 Å². The second-order valence-electron chi connectivity index (χ2n) is 3.95. The van der Waals surface area contributed by atoms with Crippen molar-refractivity contribution in [3.8, 4) is 11.3 Å². The zero-order valence-corrected chi connectivity index (χ0v) is 11.1. The summed E-state index contributed by atoms with van der Waals surface area (Å²) in [7, 11) is 0. The first-order valence-electron chi connectivity index (χ1n) is 5.47. The van der Waals surface area contributed by atoms with Gasteiger partial charge in [0.2, 0.25) is 5.52 Å². The maximum absolute atomic E-state index is 11.9. The van der Waals surface area contributed by atoms with Gasteiger partial charge in [-0.25, -0.2) is 0 Å². The van der Waals surface area contributed by atoms with Gasteiger partial charge in [0, 0.05) is 10.6 Å². The summed E-state index contributed by atoms with van der Waals surface area (Å²) in [6.07, 6.45) is 0. The molecule has 0 N–H and O–H groups in total. The Morgan fingerprint density at radius 2 is 1.84 bits per heavy atom. The monoisotopic (exact) mass is 291 g/mol. The summed E-state index contributed by atoms with van der Waals surface area (Å²) < 4.78 is 0. The highest BCUT2D eigenvalue weighted by molar-refractivity contribution is 6.34. The number of nitrogens with zero attached hydrogens (tertiary/aromatic N) is 3. The van der Waals surface area contributed by atoms with Crippen molar-refractivity contribution in [1.29, 1.82) is 0 Å². The Balaban J connectivity index is 2.43. The molecule has 0 saturated carbocycles. The molecule has 0 fully saturated rings. The molecule has 0 aliphatic heterocycles. The Bertz CT molecular complexity index is 772. The van der Waals surface area contributed by atoms with Crippen LogP contribution < -0.4 is 4.85 Å². The average Bonchev–Trinajstić information content (AvgIpc) is 2.40. The lowest BCUT2D eigenvalue weighted by Crippen LogP contribution is -2.35. The van der Waals surface area contributed by atoms with Crippen LogP contribution in [0.1, 0.15) is 0 Å². The molecule has 3 aromatic rings. The van der Waals surface area contributed by atoms with Crippen LogP contribution in [0.25, 0.3) is 22.2 Å². The third-order valence-corrected chi connectivity index (χ3v) is 3.33. The molecule has 94 valence electrons. The number of hydrogen-bond acceptors (Lipinski definition) is 3. The van der Waals surface area contributed by atoms with E-state index in [1.165, 1.54) is 0 Å². The Hall–Kier alpha value is -1.91. The summed E-state index contributed by atoms with van der Waals surface area (Å²) in [5.74, 6) is 0. The normalized spacial score (nSPS) is 10.8. The van der Waals surface area contributed by atoms with Gasteiger partial charge in [-0.2, -0.15) is 0 Å². The number of halogens is 2. The Kier molecular flexibility index (Phi) is 2.97. The van der Waals surface area contributed by atoms with E-state index in [0.717, 1.165) is 0 Å². The second kappa shape index (κ2) is 4.64. The van der Waals surface area contributed by atoms with Gasteiger partial charge >= 0.3 is 0 Å². The maximum atomic E-state index is 11.9. The fourth-order valence-corrected chi connectivity index (χ4v) is 2.32. The molecule has 0 spiro atoms. The van der Waals surface area contributed by atoms with Gasteiger partial charge in [0.05, 0.1) is 15.5 Å². The minimum atomic E-state index is 0.345. The van der Waals surface area contributed by atoms with E-state index in [2.05, 4.69) is 10.3 Å². The highest BCUT2D eigenvalue weighted by Gasteiger charge is 2.17. The van der Waals surface area contributed by atoms with Gasteiger partial charge in [-0.15, -0.1) is 4.85 Å². The van der Waals surface area contributed by atoms with Crippen LogP contribution in [0.4, 0.5) is 0 Å². The van der Waals surface area contributed by atoms with Gasteiger partial charge in [0.1, 0.15) is 5.21 Å². The number of hydrogen-bond donors (Lipinski definition) is 0. The van der Waals surface area contributed by atoms with Crippen LogP contribution in [-0.2, 0) is 0 Å². The predicted molar refractivity (Wildman–Crippen MR) is 74.0 cm³/mol. The Morgan fingerprint density at radius 3 is 2.63 bits per heavy atom. The molecule has 0 unspecified atom stereocenters. The van der Waals surface area contributed by atoms with Crippen molar-refractivity contribution in [3.05, 3.63) is 57.7 Å². The van der Waals surface area contributed by atoms with Gasteiger partial charge in [0.25, 0.3) is 0 Å². The largest absolute Gasteiger partial charge is 0.691 e. The summed E-state index contributed by atoms with van der Waals surface area (Å²) in [5.41, 5.74) is 1.53. The number of benzene rings is 2. The molecule has 0 aliphatic carbocycles. The summed E-state index contributed by atoms with van der Waals surface area (Å²) in [4.78, 5) is 0.458. The van der Waals surface area contributed by atoms with E-state index in [-0.39, 0.29) is 0 Å².